The SMILES string of the molecule is CC(C)(C)OC(=O)COc1ccc(Br)cc1C(=O)O. The van der Waals surface area contributed by atoms with Gasteiger partial charge in [0, 0.05) is 4.47 Å². The summed E-state index contributed by atoms with van der Waals surface area (Å²) in [6.45, 7) is 4.90. The van der Waals surface area contributed by atoms with Crippen molar-refractivity contribution in [2.45, 2.75) is 26.4 Å². The first-order valence-corrected chi connectivity index (χ1v) is 6.36. The zero-order chi connectivity index (χ0) is 14.6. The van der Waals surface area contributed by atoms with Crippen molar-refractivity contribution in [3.05, 3.63) is 28.2 Å². The first-order valence-electron chi connectivity index (χ1n) is 5.56. The van der Waals surface area contributed by atoms with Gasteiger partial charge in [0.05, 0.1) is 0 Å². The standard InChI is InChI=1S/C13H15BrO5/c1-13(2,3)19-11(15)7-18-10-5-4-8(14)6-9(10)12(16)17/h4-6H,7H2,1-3H3,(H,16,17). The maximum absolute atomic E-state index is 11.5. The lowest BCUT2D eigenvalue weighted by atomic mass is 10.2. The van der Waals surface area contributed by atoms with Crippen LogP contribution in [-0.2, 0) is 9.53 Å². The Morgan fingerprint density at radius 2 is 1.95 bits per heavy atom. The van der Waals surface area contributed by atoms with Gasteiger partial charge in [0.1, 0.15) is 16.9 Å². The Kier molecular flexibility index (Phi) is 4.94. The summed E-state index contributed by atoms with van der Waals surface area (Å²) >= 11 is 3.17. The van der Waals surface area contributed by atoms with Gasteiger partial charge in [-0.1, -0.05) is 15.9 Å². The molecule has 0 aliphatic heterocycles. The van der Waals surface area contributed by atoms with E-state index in [1.54, 1.807) is 26.8 Å². The molecule has 0 aromatic heterocycles. The molecular formula is C13H15BrO5. The van der Waals surface area contributed by atoms with Gasteiger partial charge >= 0.3 is 11.9 Å². The molecule has 1 aromatic rings. The number of carboxylic acid groups (broad SMARTS) is 1. The maximum Gasteiger partial charge on any atom is 0.344 e. The predicted molar refractivity (Wildman–Crippen MR) is 72.4 cm³/mol. The molecule has 1 N–H and O–H groups in total. The van der Waals surface area contributed by atoms with Crippen LogP contribution in [0.5, 0.6) is 5.75 Å². The second-order valence-electron chi connectivity index (χ2n) is 4.82. The molecule has 0 fully saturated rings. The minimum Gasteiger partial charge on any atom is -0.481 e. The van der Waals surface area contributed by atoms with Crippen molar-refractivity contribution in [3.8, 4) is 5.75 Å². The zero-order valence-electron chi connectivity index (χ0n) is 10.9. The molecule has 0 radical (unpaired) electrons. The highest BCUT2D eigenvalue weighted by atomic mass is 79.9. The summed E-state index contributed by atoms with van der Waals surface area (Å²) in [5, 5.41) is 9.02. The molecule has 0 aliphatic carbocycles. The first-order chi connectivity index (χ1) is 8.69. The molecule has 0 unspecified atom stereocenters. The lowest BCUT2D eigenvalue weighted by molar-refractivity contribution is -0.157. The van der Waals surface area contributed by atoms with Crippen molar-refractivity contribution in [2.75, 3.05) is 6.61 Å². The Bertz CT molecular complexity index is 490. The minimum absolute atomic E-state index is 0.0158. The average Bonchev–Trinajstić information content (AvgIpc) is 2.24. The van der Waals surface area contributed by atoms with Crippen LogP contribution in [0.15, 0.2) is 22.7 Å². The molecule has 1 aromatic carbocycles. The summed E-state index contributed by atoms with van der Waals surface area (Å²) in [5.74, 6) is -1.55. The number of carbonyl (C=O) groups is 2. The number of esters is 1. The van der Waals surface area contributed by atoms with Gasteiger partial charge in [0.2, 0.25) is 0 Å². The number of hydrogen-bond donors (Lipinski definition) is 1. The third kappa shape index (κ3) is 5.30. The van der Waals surface area contributed by atoms with Crippen LogP contribution in [0.1, 0.15) is 31.1 Å². The van der Waals surface area contributed by atoms with Gasteiger partial charge in [-0.25, -0.2) is 9.59 Å². The monoisotopic (exact) mass is 330 g/mol. The van der Waals surface area contributed by atoms with Crippen molar-refractivity contribution in [2.24, 2.45) is 0 Å². The van der Waals surface area contributed by atoms with Gasteiger partial charge in [-0.15, -0.1) is 0 Å². The van der Waals surface area contributed by atoms with Crippen LogP contribution in [0.25, 0.3) is 0 Å². The Labute approximate surface area is 119 Å². The van der Waals surface area contributed by atoms with Crippen molar-refractivity contribution in [1.82, 2.24) is 0 Å². The Balaban J connectivity index is 2.73. The zero-order valence-corrected chi connectivity index (χ0v) is 12.5. The lowest BCUT2D eigenvalue weighted by Crippen LogP contribution is -2.27. The number of rotatable bonds is 4. The third-order valence-electron chi connectivity index (χ3n) is 1.94. The van der Waals surface area contributed by atoms with Crippen molar-refractivity contribution < 1.29 is 24.2 Å². The van der Waals surface area contributed by atoms with Crippen LogP contribution in [-0.4, -0.2) is 29.3 Å². The number of carbonyl (C=O) groups excluding carboxylic acids is 1. The summed E-state index contributed by atoms with van der Waals surface area (Å²) in [6, 6.07) is 4.53. The van der Waals surface area contributed by atoms with E-state index in [9.17, 15) is 9.59 Å². The van der Waals surface area contributed by atoms with Gasteiger partial charge in [-0.3, -0.25) is 0 Å². The molecular weight excluding hydrogens is 316 g/mol. The van der Waals surface area contributed by atoms with Crippen LogP contribution in [0.2, 0.25) is 0 Å². The molecule has 0 amide bonds. The second kappa shape index (κ2) is 6.06. The van der Waals surface area contributed by atoms with E-state index >= 15 is 0 Å². The van der Waals surface area contributed by atoms with E-state index in [0.717, 1.165) is 0 Å². The van der Waals surface area contributed by atoms with Gasteiger partial charge in [0.25, 0.3) is 0 Å². The second-order valence-corrected chi connectivity index (χ2v) is 5.74. The molecule has 19 heavy (non-hydrogen) atoms. The van der Waals surface area contributed by atoms with E-state index in [2.05, 4.69) is 15.9 Å². The number of aromatic carboxylic acids is 1. The topological polar surface area (TPSA) is 72.8 Å². The van der Waals surface area contributed by atoms with Gasteiger partial charge in [-0.05, 0) is 39.0 Å². The van der Waals surface area contributed by atoms with E-state index in [1.807, 2.05) is 0 Å². The summed E-state index contributed by atoms with van der Waals surface area (Å²) in [5.41, 5.74) is -0.617. The van der Waals surface area contributed by atoms with Gasteiger partial charge in [-0.2, -0.15) is 0 Å². The van der Waals surface area contributed by atoms with E-state index in [-0.39, 0.29) is 17.9 Å². The molecule has 6 heteroatoms. The van der Waals surface area contributed by atoms with Crippen molar-refractivity contribution in [3.63, 3.8) is 0 Å². The molecule has 0 bridgehead atoms. The average molecular weight is 331 g/mol. The summed E-state index contributed by atoms with van der Waals surface area (Å²) in [7, 11) is 0. The predicted octanol–water partition coefficient (Wildman–Crippen LogP) is 2.87. The molecule has 0 aliphatic rings. The minimum atomic E-state index is -1.12. The fourth-order valence-electron chi connectivity index (χ4n) is 1.30. The largest absolute Gasteiger partial charge is 0.481 e. The molecule has 0 saturated carbocycles. The molecule has 0 saturated heterocycles. The smallest absolute Gasteiger partial charge is 0.344 e. The van der Waals surface area contributed by atoms with Gasteiger partial charge in [0.15, 0.2) is 6.61 Å². The van der Waals surface area contributed by atoms with Gasteiger partial charge < -0.3 is 14.6 Å². The molecule has 5 nitrogen and oxygen atoms in total. The third-order valence-corrected chi connectivity index (χ3v) is 2.43. The highest BCUT2D eigenvalue weighted by molar-refractivity contribution is 9.10. The van der Waals surface area contributed by atoms with Crippen LogP contribution in [0.4, 0.5) is 0 Å². The number of ether oxygens (including phenoxy) is 2. The van der Waals surface area contributed by atoms with E-state index in [0.29, 0.717) is 4.47 Å². The molecule has 1 rings (SSSR count). The highest BCUT2D eigenvalue weighted by Crippen LogP contribution is 2.23. The summed E-state index contributed by atoms with van der Waals surface area (Å²) < 4.78 is 10.9. The quantitative estimate of drug-likeness (QED) is 0.859. The number of halogens is 1. The normalized spacial score (nSPS) is 10.9. The summed E-state index contributed by atoms with van der Waals surface area (Å²) in [6.07, 6.45) is 0. The van der Waals surface area contributed by atoms with Crippen LogP contribution < -0.4 is 4.74 Å². The molecule has 0 spiro atoms. The first kappa shape index (κ1) is 15.5. The van der Waals surface area contributed by atoms with Crippen molar-refractivity contribution >= 4 is 27.9 Å². The highest BCUT2D eigenvalue weighted by Gasteiger charge is 2.18. The van der Waals surface area contributed by atoms with E-state index < -0.39 is 17.5 Å². The molecule has 0 atom stereocenters. The number of benzene rings is 1. The van der Waals surface area contributed by atoms with Crippen LogP contribution in [0, 0.1) is 0 Å². The summed E-state index contributed by atoms with van der Waals surface area (Å²) in [4.78, 5) is 22.5. The molecule has 0 heterocycles. The Morgan fingerprint density at radius 1 is 1.32 bits per heavy atom. The molecule has 104 valence electrons. The Morgan fingerprint density at radius 3 is 2.47 bits per heavy atom. The number of carboxylic acids is 1. The van der Waals surface area contributed by atoms with Crippen LogP contribution >= 0.6 is 15.9 Å². The van der Waals surface area contributed by atoms with Crippen LogP contribution in [0.3, 0.4) is 0 Å². The number of hydrogen-bond acceptors (Lipinski definition) is 4. The Hall–Kier alpha value is -1.56. The van der Waals surface area contributed by atoms with Crippen molar-refractivity contribution in [1.29, 1.82) is 0 Å². The van der Waals surface area contributed by atoms with E-state index in [1.165, 1.54) is 12.1 Å². The lowest BCUT2D eigenvalue weighted by Gasteiger charge is -2.19. The van der Waals surface area contributed by atoms with E-state index in [4.69, 9.17) is 14.6 Å². The fourth-order valence-corrected chi connectivity index (χ4v) is 1.66. The maximum atomic E-state index is 11.5. The fraction of sp³-hybridized carbons (Fsp3) is 0.385.